The van der Waals surface area contributed by atoms with Crippen LogP contribution in [0, 0.1) is 0 Å². The fourth-order valence-corrected chi connectivity index (χ4v) is 1.50. The van der Waals surface area contributed by atoms with Crippen molar-refractivity contribution in [3.8, 4) is 0 Å². The molecule has 3 nitrogen and oxygen atoms in total. The van der Waals surface area contributed by atoms with Crippen LogP contribution in [0.1, 0.15) is 6.92 Å². The van der Waals surface area contributed by atoms with E-state index in [1.807, 2.05) is 6.92 Å². The quantitative estimate of drug-likeness (QED) is 0.451. The van der Waals surface area contributed by atoms with E-state index in [0.717, 1.165) is 18.9 Å². The SMILES string of the molecule is CC1=NC2CNCC2N1. The van der Waals surface area contributed by atoms with Gasteiger partial charge in [-0.2, -0.15) is 0 Å². The van der Waals surface area contributed by atoms with Crippen molar-refractivity contribution >= 4 is 5.84 Å². The molecule has 0 aromatic heterocycles. The molecule has 0 spiro atoms. The molecular formula is C6H11N3. The van der Waals surface area contributed by atoms with Gasteiger partial charge in [0.2, 0.25) is 0 Å². The van der Waals surface area contributed by atoms with Crippen molar-refractivity contribution in [3.05, 3.63) is 0 Å². The Morgan fingerprint density at radius 1 is 1.56 bits per heavy atom. The van der Waals surface area contributed by atoms with Crippen LogP contribution in [0.25, 0.3) is 0 Å². The molecule has 2 rings (SSSR count). The smallest absolute Gasteiger partial charge is 0.0939 e. The predicted molar refractivity (Wildman–Crippen MR) is 36.7 cm³/mol. The lowest BCUT2D eigenvalue weighted by Gasteiger charge is -2.04. The highest BCUT2D eigenvalue weighted by Gasteiger charge is 2.30. The number of amidine groups is 1. The Labute approximate surface area is 54.5 Å². The summed E-state index contributed by atoms with van der Waals surface area (Å²) >= 11 is 0. The maximum atomic E-state index is 4.39. The van der Waals surface area contributed by atoms with Crippen LogP contribution in [0.2, 0.25) is 0 Å². The molecule has 3 heteroatoms. The molecule has 0 aliphatic carbocycles. The summed E-state index contributed by atoms with van der Waals surface area (Å²) in [5, 5.41) is 6.58. The number of hydrogen-bond donors (Lipinski definition) is 2. The number of nitrogens with zero attached hydrogens (tertiary/aromatic N) is 1. The highest BCUT2D eigenvalue weighted by Crippen LogP contribution is 2.09. The highest BCUT2D eigenvalue weighted by atomic mass is 15.2. The molecule has 2 atom stereocenters. The lowest BCUT2D eigenvalue weighted by atomic mass is 10.2. The first-order chi connectivity index (χ1) is 4.36. The molecule has 2 aliphatic heterocycles. The minimum atomic E-state index is 0.519. The van der Waals surface area contributed by atoms with Gasteiger partial charge in [-0.3, -0.25) is 4.99 Å². The van der Waals surface area contributed by atoms with Crippen molar-refractivity contribution < 1.29 is 0 Å². The zero-order chi connectivity index (χ0) is 6.27. The van der Waals surface area contributed by atoms with Crippen molar-refractivity contribution in [3.63, 3.8) is 0 Å². The molecule has 9 heavy (non-hydrogen) atoms. The summed E-state index contributed by atoms with van der Waals surface area (Å²) in [6.45, 7) is 4.15. The van der Waals surface area contributed by atoms with Gasteiger partial charge >= 0.3 is 0 Å². The zero-order valence-electron chi connectivity index (χ0n) is 5.52. The van der Waals surface area contributed by atoms with Gasteiger partial charge in [-0.05, 0) is 6.92 Å². The summed E-state index contributed by atoms with van der Waals surface area (Å²) in [6, 6.07) is 1.11. The van der Waals surface area contributed by atoms with E-state index in [2.05, 4.69) is 15.6 Å². The Balaban J connectivity index is 2.13. The van der Waals surface area contributed by atoms with Crippen molar-refractivity contribution in [2.75, 3.05) is 13.1 Å². The Hall–Kier alpha value is -0.570. The maximum Gasteiger partial charge on any atom is 0.0939 e. The molecule has 0 bridgehead atoms. The monoisotopic (exact) mass is 125 g/mol. The molecule has 0 saturated carbocycles. The Morgan fingerprint density at radius 2 is 2.44 bits per heavy atom. The molecule has 50 valence electrons. The number of aliphatic imine (C=N–C) groups is 1. The molecule has 2 unspecified atom stereocenters. The van der Waals surface area contributed by atoms with Crippen molar-refractivity contribution in [1.29, 1.82) is 0 Å². The minimum Gasteiger partial charge on any atom is -0.368 e. The van der Waals surface area contributed by atoms with E-state index in [9.17, 15) is 0 Å². The first-order valence-electron chi connectivity index (χ1n) is 3.38. The van der Waals surface area contributed by atoms with E-state index in [-0.39, 0.29) is 0 Å². The second-order valence-corrected chi connectivity index (χ2v) is 2.69. The van der Waals surface area contributed by atoms with E-state index >= 15 is 0 Å². The van der Waals surface area contributed by atoms with E-state index in [1.165, 1.54) is 0 Å². The van der Waals surface area contributed by atoms with Crippen LogP contribution in [0.4, 0.5) is 0 Å². The summed E-state index contributed by atoms with van der Waals surface area (Å²) < 4.78 is 0. The summed E-state index contributed by atoms with van der Waals surface area (Å²) in [6.07, 6.45) is 0. The van der Waals surface area contributed by atoms with Gasteiger partial charge in [0.05, 0.1) is 17.9 Å². The van der Waals surface area contributed by atoms with Crippen molar-refractivity contribution in [1.82, 2.24) is 10.6 Å². The van der Waals surface area contributed by atoms with Gasteiger partial charge in [-0.1, -0.05) is 0 Å². The molecule has 0 aromatic carbocycles. The molecular weight excluding hydrogens is 114 g/mol. The fraction of sp³-hybridized carbons (Fsp3) is 0.833. The number of hydrogen-bond acceptors (Lipinski definition) is 3. The van der Waals surface area contributed by atoms with E-state index in [4.69, 9.17) is 0 Å². The lowest BCUT2D eigenvalue weighted by molar-refractivity contribution is 0.636. The largest absolute Gasteiger partial charge is 0.368 e. The number of fused-ring (bicyclic) bond motifs is 1. The molecule has 1 fully saturated rings. The van der Waals surface area contributed by atoms with Crippen LogP contribution >= 0.6 is 0 Å². The minimum absolute atomic E-state index is 0.519. The third-order valence-electron chi connectivity index (χ3n) is 1.94. The van der Waals surface area contributed by atoms with Gasteiger partial charge in [-0.15, -0.1) is 0 Å². The van der Waals surface area contributed by atoms with E-state index in [0.29, 0.717) is 12.1 Å². The molecule has 0 radical (unpaired) electrons. The van der Waals surface area contributed by atoms with Crippen LogP contribution in [0.3, 0.4) is 0 Å². The standard InChI is InChI=1S/C6H11N3/c1-4-8-5-2-7-3-6(5)9-4/h5-7H,2-3H2,1H3,(H,8,9). The Bertz CT molecular complexity index is 152. The van der Waals surface area contributed by atoms with Crippen LogP contribution in [0.15, 0.2) is 4.99 Å². The van der Waals surface area contributed by atoms with Gasteiger partial charge in [0, 0.05) is 13.1 Å². The Kier molecular flexibility index (Phi) is 0.990. The fourth-order valence-electron chi connectivity index (χ4n) is 1.50. The van der Waals surface area contributed by atoms with Gasteiger partial charge in [0.1, 0.15) is 0 Å². The maximum absolute atomic E-state index is 4.39. The second-order valence-electron chi connectivity index (χ2n) is 2.69. The summed E-state index contributed by atoms with van der Waals surface area (Å²) in [7, 11) is 0. The predicted octanol–water partition coefficient (Wildman–Crippen LogP) is -0.652. The highest BCUT2D eigenvalue weighted by molar-refractivity contribution is 5.82. The van der Waals surface area contributed by atoms with Gasteiger partial charge in [0.25, 0.3) is 0 Å². The van der Waals surface area contributed by atoms with Crippen LogP contribution in [-0.4, -0.2) is 31.0 Å². The van der Waals surface area contributed by atoms with Crippen molar-refractivity contribution in [2.45, 2.75) is 19.0 Å². The summed E-state index contributed by atoms with van der Waals surface area (Å²) in [4.78, 5) is 4.39. The molecule has 0 amide bonds. The normalized spacial score (nSPS) is 39.9. The molecule has 2 N–H and O–H groups in total. The molecule has 2 heterocycles. The lowest BCUT2D eigenvalue weighted by Crippen LogP contribution is -2.33. The summed E-state index contributed by atoms with van der Waals surface area (Å²) in [5.41, 5.74) is 0. The molecule has 1 saturated heterocycles. The topological polar surface area (TPSA) is 36.4 Å². The van der Waals surface area contributed by atoms with E-state index < -0.39 is 0 Å². The van der Waals surface area contributed by atoms with Crippen molar-refractivity contribution in [2.24, 2.45) is 4.99 Å². The number of nitrogens with one attached hydrogen (secondary N) is 2. The van der Waals surface area contributed by atoms with Gasteiger partial charge in [0.15, 0.2) is 0 Å². The van der Waals surface area contributed by atoms with E-state index in [1.54, 1.807) is 0 Å². The van der Waals surface area contributed by atoms with Crippen LogP contribution < -0.4 is 10.6 Å². The Morgan fingerprint density at radius 3 is 3.22 bits per heavy atom. The number of rotatable bonds is 0. The van der Waals surface area contributed by atoms with Crippen LogP contribution in [0.5, 0.6) is 0 Å². The third-order valence-corrected chi connectivity index (χ3v) is 1.94. The van der Waals surface area contributed by atoms with Gasteiger partial charge in [-0.25, -0.2) is 0 Å². The zero-order valence-corrected chi connectivity index (χ0v) is 5.52. The van der Waals surface area contributed by atoms with Gasteiger partial charge < -0.3 is 10.6 Å². The third kappa shape index (κ3) is 0.721. The first-order valence-corrected chi connectivity index (χ1v) is 3.38. The first kappa shape index (κ1) is 5.23. The molecule has 2 aliphatic rings. The second kappa shape index (κ2) is 1.70. The molecule has 0 aromatic rings. The summed E-state index contributed by atoms with van der Waals surface area (Å²) in [5.74, 6) is 1.10. The average Bonchev–Trinajstić information content (AvgIpc) is 2.22. The average molecular weight is 125 g/mol. The van der Waals surface area contributed by atoms with Crippen LogP contribution in [-0.2, 0) is 0 Å².